The van der Waals surface area contributed by atoms with Gasteiger partial charge in [-0.15, -0.1) is 0 Å². The minimum Gasteiger partial charge on any atom is -0.383 e. The SMILES string of the molecule is [C-]#[N+]c1cnc(N)c(I)c1. The number of anilines is 1. The smallest absolute Gasteiger partial charge is 0.206 e. The van der Waals surface area contributed by atoms with Crippen LogP contribution in [0.25, 0.3) is 4.85 Å². The molecule has 1 heterocycles. The van der Waals surface area contributed by atoms with E-state index >= 15 is 0 Å². The van der Waals surface area contributed by atoms with E-state index in [1.54, 1.807) is 6.07 Å². The molecular formula is C6H4IN3. The summed E-state index contributed by atoms with van der Waals surface area (Å²) in [5.74, 6) is 0.480. The molecule has 1 aromatic heterocycles. The fourth-order valence-corrected chi connectivity index (χ4v) is 0.958. The van der Waals surface area contributed by atoms with Crippen LogP contribution in [0.3, 0.4) is 0 Å². The van der Waals surface area contributed by atoms with E-state index in [1.807, 2.05) is 22.6 Å². The normalized spacial score (nSPS) is 8.80. The van der Waals surface area contributed by atoms with Gasteiger partial charge in [0, 0.05) is 9.77 Å². The fourth-order valence-electron chi connectivity index (χ4n) is 0.500. The van der Waals surface area contributed by atoms with Crippen LogP contribution in [0.1, 0.15) is 0 Å². The fraction of sp³-hybridized carbons (Fsp3) is 0. The lowest BCUT2D eigenvalue weighted by Gasteiger charge is -1.94. The Hall–Kier alpha value is -0.830. The van der Waals surface area contributed by atoms with Crippen LogP contribution >= 0.6 is 22.6 Å². The lowest BCUT2D eigenvalue weighted by atomic mass is 10.4. The van der Waals surface area contributed by atoms with Crippen molar-refractivity contribution in [2.75, 3.05) is 5.73 Å². The van der Waals surface area contributed by atoms with E-state index < -0.39 is 0 Å². The second kappa shape index (κ2) is 2.84. The van der Waals surface area contributed by atoms with Gasteiger partial charge in [-0.2, -0.15) is 0 Å². The van der Waals surface area contributed by atoms with Crippen molar-refractivity contribution in [3.63, 3.8) is 0 Å². The van der Waals surface area contributed by atoms with Gasteiger partial charge in [0.15, 0.2) is 0 Å². The minimum absolute atomic E-state index is 0.480. The molecule has 0 amide bonds. The minimum atomic E-state index is 0.480. The average Bonchev–Trinajstić information content (AvgIpc) is 1.95. The Balaban J connectivity index is 3.20. The molecule has 1 aromatic rings. The lowest BCUT2D eigenvalue weighted by molar-refractivity contribution is 1.33. The Bertz CT molecular complexity index is 290. The van der Waals surface area contributed by atoms with Gasteiger partial charge in [-0.25, -0.2) is 4.85 Å². The zero-order chi connectivity index (χ0) is 7.56. The molecule has 0 saturated carbocycles. The molecule has 0 spiro atoms. The van der Waals surface area contributed by atoms with Gasteiger partial charge >= 0.3 is 0 Å². The van der Waals surface area contributed by atoms with Crippen LogP contribution in [-0.4, -0.2) is 4.98 Å². The Kier molecular flexibility index (Phi) is 2.06. The van der Waals surface area contributed by atoms with E-state index in [0.29, 0.717) is 11.5 Å². The van der Waals surface area contributed by atoms with Crippen molar-refractivity contribution in [1.82, 2.24) is 4.98 Å². The van der Waals surface area contributed by atoms with Gasteiger partial charge in [0.1, 0.15) is 5.82 Å². The van der Waals surface area contributed by atoms with Crippen molar-refractivity contribution in [2.24, 2.45) is 0 Å². The predicted molar refractivity (Wildman–Crippen MR) is 47.6 cm³/mol. The standard InChI is InChI=1S/C6H4IN3/c1-9-4-2-5(7)6(8)10-3-4/h2-3H,(H2,8,10). The summed E-state index contributed by atoms with van der Waals surface area (Å²) >= 11 is 2.04. The number of nitrogen functional groups attached to an aromatic ring is 1. The number of hydrogen-bond donors (Lipinski definition) is 1. The maximum atomic E-state index is 6.65. The first kappa shape index (κ1) is 7.28. The number of hydrogen-bond acceptors (Lipinski definition) is 2. The van der Waals surface area contributed by atoms with Gasteiger partial charge in [0.2, 0.25) is 5.69 Å². The second-order valence-corrected chi connectivity index (χ2v) is 2.83. The molecule has 10 heavy (non-hydrogen) atoms. The van der Waals surface area contributed by atoms with Gasteiger partial charge in [-0.1, -0.05) is 0 Å². The van der Waals surface area contributed by atoms with Crippen LogP contribution in [0.2, 0.25) is 0 Å². The van der Waals surface area contributed by atoms with Crippen molar-refractivity contribution < 1.29 is 0 Å². The van der Waals surface area contributed by atoms with Crippen LogP contribution in [0.4, 0.5) is 11.5 Å². The summed E-state index contributed by atoms with van der Waals surface area (Å²) in [6.45, 7) is 6.65. The van der Waals surface area contributed by atoms with Gasteiger partial charge < -0.3 is 5.73 Å². The quantitative estimate of drug-likeness (QED) is 0.559. The van der Waals surface area contributed by atoms with E-state index in [9.17, 15) is 0 Å². The van der Waals surface area contributed by atoms with Crippen molar-refractivity contribution in [3.8, 4) is 0 Å². The van der Waals surface area contributed by atoms with E-state index in [4.69, 9.17) is 12.3 Å². The van der Waals surface area contributed by atoms with Crippen molar-refractivity contribution >= 4 is 34.1 Å². The third-order valence-electron chi connectivity index (χ3n) is 0.984. The summed E-state index contributed by atoms with van der Waals surface area (Å²) in [6.07, 6.45) is 1.46. The molecule has 0 aliphatic carbocycles. The number of rotatable bonds is 0. The molecule has 50 valence electrons. The topological polar surface area (TPSA) is 43.3 Å². The summed E-state index contributed by atoms with van der Waals surface area (Å²) in [7, 11) is 0. The maximum absolute atomic E-state index is 6.65. The number of pyridine rings is 1. The van der Waals surface area contributed by atoms with Crippen molar-refractivity contribution in [3.05, 3.63) is 27.3 Å². The zero-order valence-corrected chi connectivity index (χ0v) is 7.16. The number of nitrogens with zero attached hydrogens (tertiary/aromatic N) is 2. The molecule has 0 fully saturated rings. The Morgan fingerprint density at radius 1 is 1.70 bits per heavy atom. The molecule has 0 atom stereocenters. The predicted octanol–water partition coefficient (Wildman–Crippen LogP) is 1.82. The highest BCUT2D eigenvalue weighted by Gasteiger charge is 1.96. The molecular weight excluding hydrogens is 241 g/mol. The summed E-state index contributed by atoms with van der Waals surface area (Å²) in [4.78, 5) is 7.01. The Morgan fingerprint density at radius 3 is 2.90 bits per heavy atom. The van der Waals surface area contributed by atoms with Crippen LogP contribution in [-0.2, 0) is 0 Å². The molecule has 2 N–H and O–H groups in total. The lowest BCUT2D eigenvalue weighted by Crippen LogP contribution is -1.91. The third-order valence-corrected chi connectivity index (χ3v) is 1.85. The largest absolute Gasteiger partial charge is 0.383 e. The van der Waals surface area contributed by atoms with E-state index in [-0.39, 0.29) is 0 Å². The second-order valence-electron chi connectivity index (χ2n) is 1.67. The summed E-state index contributed by atoms with van der Waals surface area (Å²) in [5, 5.41) is 0. The molecule has 1 rings (SSSR count). The van der Waals surface area contributed by atoms with Gasteiger partial charge in [-0.05, 0) is 28.7 Å². The Morgan fingerprint density at radius 2 is 2.40 bits per heavy atom. The first-order valence-corrected chi connectivity index (χ1v) is 3.60. The molecule has 0 aromatic carbocycles. The first-order valence-electron chi connectivity index (χ1n) is 2.52. The summed E-state index contributed by atoms with van der Waals surface area (Å²) in [6, 6.07) is 1.70. The molecule has 0 aliphatic heterocycles. The number of halogens is 1. The molecule has 0 radical (unpaired) electrons. The van der Waals surface area contributed by atoms with Crippen LogP contribution in [0.15, 0.2) is 12.3 Å². The molecule has 0 bridgehead atoms. The van der Waals surface area contributed by atoms with E-state index in [1.165, 1.54) is 6.20 Å². The van der Waals surface area contributed by atoms with Gasteiger partial charge in [0.05, 0.1) is 6.57 Å². The highest BCUT2D eigenvalue weighted by Crippen LogP contribution is 2.18. The van der Waals surface area contributed by atoms with Crippen molar-refractivity contribution in [1.29, 1.82) is 0 Å². The van der Waals surface area contributed by atoms with Crippen molar-refractivity contribution in [2.45, 2.75) is 0 Å². The van der Waals surface area contributed by atoms with E-state index in [0.717, 1.165) is 3.57 Å². The Labute approximate surface area is 72.2 Å². The average molecular weight is 245 g/mol. The highest BCUT2D eigenvalue weighted by molar-refractivity contribution is 14.1. The first-order chi connectivity index (χ1) is 4.74. The van der Waals surface area contributed by atoms with Crippen LogP contribution in [0, 0.1) is 10.1 Å². The van der Waals surface area contributed by atoms with Crippen LogP contribution < -0.4 is 5.73 Å². The summed E-state index contributed by atoms with van der Waals surface area (Å²) in [5.41, 5.74) is 5.95. The number of nitrogens with two attached hydrogens (primary N) is 1. The molecule has 0 aliphatic rings. The van der Waals surface area contributed by atoms with E-state index in [2.05, 4.69) is 9.83 Å². The molecule has 3 nitrogen and oxygen atoms in total. The van der Waals surface area contributed by atoms with Gasteiger partial charge in [-0.3, -0.25) is 4.98 Å². The van der Waals surface area contributed by atoms with Gasteiger partial charge in [0.25, 0.3) is 0 Å². The third kappa shape index (κ3) is 1.36. The molecule has 0 unspecified atom stereocenters. The maximum Gasteiger partial charge on any atom is 0.206 e. The zero-order valence-electron chi connectivity index (χ0n) is 5.00. The molecule has 4 heteroatoms. The number of aromatic nitrogens is 1. The van der Waals surface area contributed by atoms with Crippen LogP contribution in [0.5, 0.6) is 0 Å². The monoisotopic (exact) mass is 245 g/mol. The summed E-state index contributed by atoms with van der Waals surface area (Å²) < 4.78 is 0.825. The highest BCUT2D eigenvalue weighted by atomic mass is 127. The molecule has 0 saturated heterocycles.